The second-order valence-electron chi connectivity index (χ2n) is 11.0. The van der Waals surface area contributed by atoms with Crippen LogP contribution in [0, 0.1) is 0 Å². The summed E-state index contributed by atoms with van der Waals surface area (Å²) in [6.45, 7) is 7.78. The average Bonchev–Trinajstić information content (AvgIpc) is 2.96. The van der Waals surface area contributed by atoms with Gasteiger partial charge in [0.05, 0.1) is 11.4 Å². The number of nitrogens with zero attached hydrogens (tertiary/aromatic N) is 1. The first-order valence-corrected chi connectivity index (χ1v) is 18.2. The van der Waals surface area contributed by atoms with E-state index in [0.717, 1.165) is 42.3 Å². The molecule has 0 spiro atoms. The van der Waals surface area contributed by atoms with Gasteiger partial charge in [0.15, 0.2) is 0 Å². The van der Waals surface area contributed by atoms with E-state index in [-0.39, 0.29) is 10.6 Å². The molecule has 2 aromatic rings. The van der Waals surface area contributed by atoms with Crippen molar-refractivity contribution in [2.45, 2.75) is 64.3 Å². The molecule has 0 saturated heterocycles. The van der Waals surface area contributed by atoms with Crippen LogP contribution < -0.4 is 14.9 Å². The third-order valence-corrected chi connectivity index (χ3v) is 10.3. The van der Waals surface area contributed by atoms with Crippen molar-refractivity contribution in [1.82, 2.24) is 10.0 Å². The highest BCUT2D eigenvalue weighted by Gasteiger charge is 2.23. The lowest BCUT2D eigenvalue weighted by atomic mass is 10.1. The summed E-state index contributed by atoms with van der Waals surface area (Å²) in [7, 11) is -0.317. The molecule has 242 valence electrons. The summed E-state index contributed by atoms with van der Waals surface area (Å²) in [5.41, 5.74) is 4.22. The summed E-state index contributed by atoms with van der Waals surface area (Å²) >= 11 is 2.68. The van der Waals surface area contributed by atoms with Gasteiger partial charge in [0.25, 0.3) is 0 Å². The van der Waals surface area contributed by atoms with Crippen molar-refractivity contribution in [3.8, 4) is 0 Å². The first kappa shape index (κ1) is 35.7. The monoisotopic (exact) mass is 662 g/mol. The van der Waals surface area contributed by atoms with Gasteiger partial charge < -0.3 is 15.3 Å². The molecule has 0 aliphatic carbocycles. The van der Waals surface area contributed by atoms with E-state index in [0.29, 0.717) is 10.5 Å². The molecule has 0 heterocycles. The molecule has 2 rings (SSSR count). The summed E-state index contributed by atoms with van der Waals surface area (Å²) in [6.07, 6.45) is 10.3. The molecule has 0 aliphatic rings. The van der Waals surface area contributed by atoms with Crippen molar-refractivity contribution in [2.75, 3.05) is 42.1 Å². The van der Waals surface area contributed by atoms with Crippen LogP contribution in [0.5, 0.6) is 0 Å². The zero-order valence-electron chi connectivity index (χ0n) is 27.6. The second-order valence-corrected chi connectivity index (χ2v) is 15.0. The molecule has 3 N–H and O–H groups in total. The third-order valence-electron chi connectivity index (χ3n) is 6.69. The van der Waals surface area contributed by atoms with Crippen molar-refractivity contribution in [3.63, 3.8) is 0 Å². The molecule has 1 amide bonds. The zero-order chi connectivity index (χ0) is 33.6. The van der Waals surface area contributed by atoms with E-state index < -0.39 is 40.2 Å². The standard InChI is InChI=1S/C33H47N3O5S3/c1-24(2)11-7-12-25(3)13-8-14-26(4)19-20-42-23-43-22-29(33(38)39)35-32(37)21-34-44(40,41)31-18-10-15-27-28(31)16-9-17-30(27)36(5)6/h9-11,13,15-19,29,34H,7-8,12,14,20-23H2,1-6H3,(H,35,37)(H,38,39)/b25-13-,26-19+/t29-/m0/s1/i20D/t20-,29-. The van der Waals surface area contributed by atoms with Crippen LogP contribution in [0.15, 0.2) is 76.2 Å². The first-order chi connectivity index (χ1) is 21.2. The van der Waals surface area contributed by atoms with Gasteiger partial charge in [-0.2, -0.15) is 0 Å². The number of allylic oxidation sites excluding steroid dienone is 5. The van der Waals surface area contributed by atoms with E-state index >= 15 is 0 Å². The number of carbonyl (C=O) groups is 2. The van der Waals surface area contributed by atoms with Crippen molar-refractivity contribution < 1.29 is 24.5 Å². The van der Waals surface area contributed by atoms with Crippen LogP contribution in [-0.2, 0) is 19.6 Å². The Morgan fingerprint density at radius 2 is 1.59 bits per heavy atom. The molecule has 8 nitrogen and oxygen atoms in total. The molecule has 0 saturated carbocycles. The highest BCUT2D eigenvalue weighted by atomic mass is 32.2. The Hall–Kier alpha value is -2.73. The van der Waals surface area contributed by atoms with Gasteiger partial charge in [0.1, 0.15) is 6.04 Å². The average molecular weight is 663 g/mol. The number of carbonyl (C=O) groups excluding carboxylic acids is 1. The van der Waals surface area contributed by atoms with Crippen molar-refractivity contribution in [1.29, 1.82) is 0 Å². The maximum Gasteiger partial charge on any atom is 0.327 e. The van der Waals surface area contributed by atoms with E-state index in [1.165, 1.54) is 40.7 Å². The first-order valence-electron chi connectivity index (χ1n) is 15.1. The molecule has 11 heteroatoms. The summed E-state index contributed by atoms with van der Waals surface area (Å²) in [5, 5.41) is 13.8. The minimum absolute atomic E-state index is 0.0369. The van der Waals surface area contributed by atoms with Gasteiger partial charge in [-0.05, 0) is 65.5 Å². The Labute approximate surface area is 273 Å². The van der Waals surface area contributed by atoms with Crippen LogP contribution in [0.3, 0.4) is 0 Å². The quantitative estimate of drug-likeness (QED) is 0.0876. The van der Waals surface area contributed by atoms with Crippen LogP contribution in [0.1, 0.15) is 54.7 Å². The molecule has 0 fully saturated rings. The summed E-state index contributed by atoms with van der Waals surface area (Å²) in [5.74, 6) is -1.87. The fraction of sp³-hybridized carbons (Fsp3) is 0.455. The number of thioether (sulfide) groups is 2. The number of nitrogens with one attached hydrogen (secondary N) is 2. The Balaban J connectivity index is 1.82. The number of hydrogen-bond donors (Lipinski definition) is 3. The number of aliphatic carboxylic acids is 1. The predicted octanol–water partition coefficient (Wildman–Crippen LogP) is 6.60. The molecule has 0 radical (unpaired) electrons. The molecule has 0 bridgehead atoms. The van der Waals surface area contributed by atoms with E-state index in [2.05, 4.69) is 43.0 Å². The lowest BCUT2D eigenvalue weighted by Gasteiger charge is -2.17. The summed E-state index contributed by atoms with van der Waals surface area (Å²) in [6, 6.07) is 9.12. The Bertz CT molecular complexity index is 1500. The van der Waals surface area contributed by atoms with Crippen LogP contribution in [0.25, 0.3) is 10.8 Å². The number of anilines is 1. The molecular formula is C33H47N3O5S3. The minimum Gasteiger partial charge on any atom is -0.480 e. The number of fused-ring (bicyclic) bond motifs is 1. The smallest absolute Gasteiger partial charge is 0.327 e. The zero-order valence-corrected chi connectivity index (χ0v) is 29.0. The Morgan fingerprint density at radius 1 is 0.955 bits per heavy atom. The number of benzene rings is 2. The van der Waals surface area contributed by atoms with Crippen LogP contribution in [0.4, 0.5) is 5.69 Å². The molecule has 2 atom stereocenters. The van der Waals surface area contributed by atoms with Gasteiger partial charge in [0, 0.05) is 48.5 Å². The maximum atomic E-state index is 13.1. The number of amides is 1. The third kappa shape index (κ3) is 13.1. The molecule has 0 unspecified atom stereocenters. The van der Waals surface area contributed by atoms with E-state index in [4.69, 9.17) is 1.37 Å². The lowest BCUT2D eigenvalue weighted by Crippen LogP contribution is -2.46. The van der Waals surface area contributed by atoms with Gasteiger partial charge in [-0.25, -0.2) is 17.9 Å². The van der Waals surface area contributed by atoms with Crippen LogP contribution in [-0.4, -0.2) is 68.6 Å². The van der Waals surface area contributed by atoms with Gasteiger partial charge in [-0.15, -0.1) is 23.5 Å². The number of sulfonamides is 1. The second kappa shape index (κ2) is 18.9. The number of rotatable bonds is 19. The largest absolute Gasteiger partial charge is 0.480 e. The highest BCUT2D eigenvalue weighted by molar-refractivity contribution is 8.16. The fourth-order valence-electron chi connectivity index (χ4n) is 4.28. The van der Waals surface area contributed by atoms with Crippen molar-refractivity contribution in [2.24, 2.45) is 0 Å². The highest BCUT2D eigenvalue weighted by Crippen LogP contribution is 2.30. The van der Waals surface area contributed by atoms with Gasteiger partial charge >= 0.3 is 5.97 Å². The minimum atomic E-state index is -4.06. The number of carboxylic acids is 1. The molecule has 44 heavy (non-hydrogen) atoms. The van der Waals surface area contributed by atoms with E-state index in [9.17, 15) is 23.1 Å². The van der Waals surface area contributed by atoms with Crippen LogP contribution in [0.2, 0.25) is 0 Å². The van der Waals surface area contributed by atoms with Crippen molar-refractivity contribution >= 4 is 61.9 Å². The summed E-state index contributed by atoms with van der Waals surface area (Å²) < 4.78 is 36.8. The number of carboxylic acid groups (broad SMARTS) is 1. The van der Waals surface area contributed by atoms with Gasteiger partial charge in [-0.3, -0.25) is 4.79 Å². The molecule has 2 aromatic carbocycles. The van der Waals surface area contributed by atoms with E-state index in [1.54, 1.807) is 18.2 Å². The van der Waals surface area contributed by atoms with Gasteiger partial charge in [-0.1, -0.05) is 59.2 Å². The Kier molecular flexibility index (Phi) is 15.4. The van der Waals surface area contributed by atoms with E-state index in [1.807, 2.05) is 44.1 Å². The lowest BCUT2D eigenvalue weighted by molar-refractivity contribution is -0.140. The van der Waals surface area contributed by atoms with Gasteiger partial charge in [0.2, 0.25) is 15.9 Å². The predicted molar refractivity (Wildman–Crippen MR) is 188 cm³/mol. The topological polar surface area (TPSA) is 116 Å². The fourth-order valence-corrected chi connectivity index (χ4v) is 7.36. The van der Waals surface area contributed by atoms with Crippen molar-refractivity contribution in [3.05, 3.63) is 71.3 Å². The maximum absolute atomic E-state index is 13.1. The molecule has 0 aromatic heterocycles. The van der Waals surface area contributed by atoms with Crippen LogP contribution >= 0.6 is 23.5 Å². The Morgan fingerprint density at radius 3 is 2.25 bits per heavy atom. The normalized spacial score (nSPS) is 14.1. The number of hydrogen-bond acceptors (Lipinski definition) is 7. The molecule has 0 aliphatic heterocycles. The summed E-state index contributed by atoms with van der Waals surface area (Å²) in [4.78, 5) is 26.2. The SMILES string of the molecule is [2H][C@@H](/C=C(\C)CC/C=C(/C)CCC=C(C)C)SCSC[C@H](NC(=O)CNS(=O)(=O)c1cccc2c(N(C)C)cccc12)C(=O)O. The molecular weight excluding hydrogens is 615 g/mol.